The molecule has 1 spiro atoms. The van der Waals surface area contributed by atoms with Gasteiger partial charge in [0.25, 0.3) is 11.7 Å². The quantitative estimate of drug-likeness (QED) is 0.288. The Morgan fingerprint density at radius 2 is 1.85 bits per heavy atom. The van der Waals surface area contributed by atoms with Crippen molar-refractivity contribution >= 4 is 11.6 Å². The average molecular weight is 362 g/mol. The number of carbonyl (C=O) groups is 1. The summed E-state index contributed by atoms with van der Waals surface area (Å²) >= 11 is 0. The smallest absolute Gasteiger partial charge is 0.292 e. The molecule has 1 aromatic rings. The number of amides is 1. The predicted molar refractivity (Wildman–Crippen MR) is 94.1 cm³/mol. The molecule has 140 valence electrons. The molecule has 0 aromatic heterocycles. The van der Waals surface area contributed by atoms with Crippen LogP contribution in [-0.4, -0.2) is 32.2 Å². The van der Waals surface area contributed by atoms with Crippen molar-refractivity contribution in [2.24, 2.45) is 5.11 Å². The molecule has 1 aromatic carbocycles. The van der Waals surface area contributed by atoms with Gasteiger partial charge in [0.05, 0.1) is 18.9 Å². The van der Waals surface area contributed by atoms with Crippen molar-refractivity contribution in [2.75, 3.05) is 31.2 Å². The van der Waals surface area contributed by atoms with Crippen molar-refractivity contribution < 1.29 is 18.7 Å². The van der Waals surface area contributed by atoms with E-state index in [4.69, 9.17) is 15.0 Å². The highest BCUT2D eigenvalue weighted by atomic mass is 19.1. The van der Waals surface area contributed by atoms with Gasteiger partial charge in [-0.15, -0.1) is 0 Å². The molecular formula is C18H23FN4O3. The number of carbonyl (C=O) groups excluding carboxylic acids is 1. The van der Waals surface area contributed by atoms with Gasteiger partial charge in [-0.05, 0) is 36.6 Å². The zero-order chi connectivity index (χ0) is 18.4. The van der Waals surface area contributed by atoms with Gasteiger partial charge in [0.1, 0.15) is 5.82 Å². The van der Waals surface area contributed by atoms with Crippen molar-refractivity contribution in [2.45, 2.75) is 44.3 Å². The summed E-state index contributed by atoms with van der Waals surface area (Å²) in [7, 11) is 0. The zero-order valence-electron chi connectivity index (χ0n) is 14.7. The van der Waals surface area contributed by atoms with E-state index in [-0.39, 0.29) is 5.91 Å². The Bertz CT molecular complexity index is 700. The minimum Gasteiger partial charge on any atom is -0.336 e. The highest BCUT2D eigenvalue weighted by molar-refractivity contribution is 6.06. The van der Waals surface area contributed by atoms with Gasteiger partial charge in [0, 0.05) is 23.6 Å². The summed E-state index contributed by atoms with van der Waals surface area (Å²) in [6.45, 7) is 1.76. The third kappa shape index (κ3) is 3.67. The van der Waals surface area contributed by atoms with E-state index in [0.29, 0.717) is 37.6 Å². The summed E-state index contributed by atoms with van der Waals surface area (Å²) in [5.74, 6) is -2.12. The fraction of sp³-hybridized carbons (Fsp3) is 0.611. The maximum Gasteiger partial charge on any atom is 0.292 e. The summed E-state index contributed by atoms with van der Waals surface area (Å²) in [6.07, 6.45) is 5.93. The van der Waals surface area contributed by atoms with Crippen LogP contribution in [0.2, 0.25) is 0 Å². The van der Waals surface area contributed by atoms with Crippen molar-refractivity contribution in [1.29, 1.82) is 0 Å². The van der Waals surface area contributed by atoms with Crippen molar-refractivity contribution in [1.82, 2.24) is 0 Å². The van der Waals surface area contributed by atoms with E-state index in [1.807, 2.05) is 0 Å². The Morgan fingerprint density at radius 1 is 1.15 bits per heavy atom. The topological polar surface area (TPSA) is 87.5 Å². The minimum atomic E-state index is -1.46. The lowest BCUT2D eigenvalue weighted by molar-refractivity contribution is -0.180. The fourth-order valence-corrected chi connectivity index (χ4v) is 3.53. The highest BCUT2D eigenvalue weighted by Crippen LogP contribution is 2.46. The second kappa shape index (κ2) is 8.49. The number of rotatable bonds is 9. The lowest BCUT2D eigenvalue weighted by atomic mass is 10.1. The van der Waals surface area contributed by atoms with Crippen molar-refractivity contribution in [3.63, 3.8) is 0 Å². The maximum absolute atomic E-state index is 13.7. The van der Waals surface area contributed by atoms with Gasteiger partial charge < -0.3 is 14.4 Å². The normalized spacial score (nSPS) is 17.6. The third-order valence-corrected chi connectivity index (χ3v) is 4.78. The van der Waals surface area contributed by atoms with Crippen LogP contribution in [0.5, 0.6) is 0 Å². The van der Waals surface area contributed by atoms with E-state index in [2.05, 4.69) is 10.0 Å². The van der Waals surface area contributed by atoms with E-state index in [9.17, 15) is 9.18 Å². The van der Waals surface area contributed by atoms with Crippen LogP contribution >= 0.6 is 0 Å². The number of ether oxygens (including phenoxy) is 2. The van der Waals surface area contributed by atoms with Crippen LogP contribution in [-0.2, 0) is 20.1 Å². The summed E-state index contributed by atoms with van der Waals surface area (Å²) in [4.78, 5) is 17.3. The predicted octanol–water partition coefficient (Wildman–Crippen LogP) is 4.02. The molecule has 1 fully saturated rings. The standard InChI is InChI=1S/C18H23FN4O3/c19-14-7-8-16-15(13-14)18(25-11-12-26-18)17(24)23(16)10-6-4-2-1-3-5-9-21-22-20/h7-8,13H,1-6,9-12H2. The number of azide groups is 1. The first-order chi connectivity index (χ1) is 12.7. The summed E-state index contributed by atoms with van der Waals surface area (Å²) < 4.78 is 24.9. The number of unbranched alkanes of at least 4 members (excludes halogenated alkanes) is 5. The second-order valence-electron chi connectivity index (χ2n) is 6.51. The summed E-state index contributed by atoms with van der Waals surface area (Å²) in [6, 6.07) is 4.32. The molecule has 0 radical (unpaired) electrons. The van der Waals surface area contributed by atoms with Gasteiger partial charge in [-0.25, -0.2) is 4.39 Å². The van der Waals surface area contributed by atoms with Gasteiger partial charge in [0.15, 0.2) is 0 Å². The summed E-state index contributed by atoms with van der Waals surface area (Å²) in [5, 5.41) is 3.51. The number of fused-ring (bicyclic) bond motifs is 2. The van der Waals surface area contributed by atoms with Crippen LogP contribution in [0.1, 0.15) is 44.1 Å². The first-order valence-electron chi connectivity index (χ1n) is 9.10. The number of anilines is 1. The molecule has 3 rings (SSSR count). The van der Waals surface area contributed by atoms with Crippen LogP contribution in [0.4, 0.5) is 10.1 Å². The van der Waals surface area contributed by atoms with E-state index in [0.717, 1.165) is 38.5 Å². The molecule has 0 atom stereocenters. The first kappa shape index (κ1) is 18.6. The van der Waals surface area contributed by atoms with Crippen LogP contribution in [0.15, 0.2) is 23.3 Å². The Labute approximate surface area is 151 Å². The van der Waals surface area contributed by atoms with E-state index < -0.39 is 11.6 Å². The molecule has 7 nitrogen and oxygen atoms in total. The number of nitrogens with zero attached hydrogens (tertiary/aromatic N) is 4. The molecule has 0 aliphatic carbocycles. The van der Waals surface area contributed by atoms with E-state index in [1.165, 1.54) is 12.1 Å². The fourth-order valence-electron chi connectivity index (χ4n) is 3.53. The molecule has 2 heterocycles. The number of hydrogen-bond acceptors (Lipinski definition) is 4. The molecule has 2 aliphatic heterocycles. The van der Waals surface area contributed by atoms with Gasteiger partial charge in [0.2, 0.25) is 0 Å². The zero-order valence-corrected chi connectivity index (χ0v) is 14.7. The molecule has 0 unspecified atom stereocenters. The molecule has 26 heavy (non-hydrogen) atoms. The monoisotopic (exact) mass is 362 g/mol. The number of benzene rings is 1. The SMILES string of the molecule is [N-]=[N+]=NCCCCCCCCN1C(=O)C2(OCCO2)c2cc(F)ccc21. The Morgan fingerprint density at radius 3 is 2.58 bits per heavy atom. The Kier molecular flexibility index (Phi) is 6.08. The highest BCUT2D eigenvalue weighted by Gasteiger charge is 2.55. The van der Waals surface area contributed by atoms with Gasteiger partial charge >= 0.3 is 0 Å². The molecule has 0 bridgehead atoms. The molecule has 8 heteroatoms. The number of hydrogen-bond donors (Lipinski definition) is 0. The Balaban J connectivity index is 1.53. The van der Waals surface area contributed by atoms with Crippen LogP contribution < -0.4 is 4.90 Å². The lowest BCUT2D eigenvalue weighted by Gasteiger charge is -2.22. The molecule has 0 N–H and O–H groups in total. The van der Waals surface area contributed by atoms with Gasteiger partial charge in [-0.1, -0.05) is 30.8 Å². The first-order valence-corrected chi connectivity index (χ1v) is 9.10. The van der Waals surface area contributed by atoms with Crippen LogP contribution in [0.25, 0.3) is 10.4 Å². The number of halogens is 1. The average Bonchev–Trinajstić information content (AvgIpc) is 3.21. The minimum absolute atomic E-state index is 0.259. The largest absolute Gasteiger partial charge is 0.336 e. The maximum atomic E-state index is 13.7. The molecule has 2 aliphatic rings. The summed E-state index contributed by atoms with van der Waals surface area (Å²) in [5.41, 5.74) is 9.36. The van der Waals surface area contributed by atoms with Crippen molar-refractivity contribution in [3.05, 3.63) is 40.0 Å². The molecular weight excluding hydrogens is 339 g/mol. The Hall–Kier alpha value is -2.15. The van der Waals surface area contributed by atoms with Crippen LogP contribution in [0.3, 0.4) is 0 Å². The molecule has 1 amide bonds. The third-order valence-electron chi connectivity index (χ3n) is 4.78. The lowest BCUT2D eigenvalue weighted by Crippen LogP contribution is -2.41. The van der Waals surface area contributed by atoms with E-state index in [1.54, 1.807) is 11.0 Å². The molecule has 1 saturated heterocycles. The van der Waals surface area contributed by atoms with Crippen LogP contribution in [0, 0.1) is 5.82 Å². The van der Waals surface area contributed by atoms with Crippen molar-refractivity contribution in [3.8, 4) is 0 Å². The van der Waals surface area contributed by atoms with E-state index >= 15 is 0 Å². The van der Waals surface area contributed by atoms with Gasteiger partial charge in [-0.3, -0.25) is 4.79 Å². The second-order valence-corrected chi connectivity index (χ2v) is 6.51. The van der Waals surface area contributed by atoms with Gasteiger partial charge in [-0.2, -0.15) is 0 Å². The molecule has 0 saturated carbocycles.